The van der Waals surface area contributed by atoms with Gasteiger partial charge in [0.25, 0.3) is 0 Å². The van der Waals surface area contributed by atoms with Gasteiger partial charge in [-0.2, -0.15) is 11.8 Å². The normalized spacial score (nSPS) is 12.5. The number of hydrogen-bond donors (Lipinski definition) is 2. The van der Waals surface area contributed by atoms with Gasteiger partial charge in [0.2, 0.25) is 0 Å². The first-order chi connectivity index (χ1) is 7.15. The minimum Gasteiger partial charge on any atom is -0.393 e. The van der Waals surface area contributed by atoms with Crippen LogP contribution in [0.15, 0.2) is 6.33 Å². The zero-order valence-electron chi connectivity index (χ0n) is 8.83. The summed E-state index contributed by atoms with van der Waals surface area (Å²) in [5, 5.41) is 4.06. The van der Waals surface area contributed by atoms with Crippen LogP contribution >= 0.6 is 23.4 Å². The molecule has 1 atom stereocenters. The summed E-state index contributed by atoms with van der Waals surface area (Å²) in [5.41, 5.74) is 6.12. The molecule has 1 rings (SSSR count). The standard InChI is InChI=1S/C9H15ClN4S/c1-6(15-2)3-4-12-9-7(11)8(10)13-5-14-9/h5-6H,3-4,11H2,1-2H3,(H,12,13,14). The minimum atomic E-state index is 0.297. The monoisotopic (exact) mass is 246 g/mol. The molecule has 6 heteroatoms. The maximum Gasteiger partial charge on any atom is 0.157 e. The second-order valence-electron chi connectivity index (χ2n) is 3.19. The van der Waals surface area contributed by atoms with Crippen molar-refractivity contribution in [2.24, 2.45) is 0 Å². The largest absolute Gasteiger partial charge is 0.393 e. The number of aromatic nitrogens is 2. The van der Waals surface area contributed by atoms with Gasteiger partial charge >= 0.3 is 0 Å². The highest BCUT2D eigenvalue weighted by molar-refractivity contribution is 7.99. The third-order valence-electron chi connectivity index (χ3n) is 2.08. The Hall–Kier alpha value is -0.680. The lowest BCUT2D eigenvalue weighted by Crippen LogP contribution is -2.10. The molecule has 1 aromatic rings. The summed E-state index contributed by atoms with van der Waals surface area (Å²) in [6, 6.07) is 0. The molecule has 1 unspecified atom stereocenters. The number of nitrogen functional groups attached to an aromatic ring is 1. The number of nitrogens with two attached hydrogens (primary N) is 1. The van der Waals surface area contributed by atoms with Crippen molar-refractivity contribution >= 4 is 34.9 Å². The predicted octanol–water partition coefficient (Wildman–Crippen LogP) is 2.27. The van der Waals surface area contributed by atoms with Crippen molar-refractivity contribution in [2.45, 2.75) is 18.6 Å². The lowest BCUT2D eigenvalue weighted by Gasteiger charge is -2.11. The van der Waals surface area contributed by atoms with E-state index in [4.69, 9.17) is 17.3 Å². The molecule has 0 aliphatic heterocycles. The first kappa shape index (κ1) is 12.4. The number of halogens is 1. The van der Waals surface area contributed by atoms with Gasteiger partial charge in [0, 0.05) is 11.8 Å². The molecule has 0 fully saturated rings. The Bertz CT molecular complexity index is 321. The molecule has 0 aliphatic rings. The maximum atomic E-state index is 5.76. The molecule has 84 valence electrons. The SMILES string of the molecule is CSC(C)CCNc1ncnc(Cl)c1N. The summed E-state index contributed by atoms with van der Waals surface area (Å²) in [6.45, 7) is 3.02. The van der Waals surface area contributed by atoms with Crippen LogP contribution in [0, 0.1) is 0 Å². The van der Waals surface area contributed by atoms with E-state index < -0.39 is 0 Å². The molecule has 0 aliphatic carbocycles. The third kappa shape index (κ3) is 3.76. The molecule has 15 heavy (non-hydrogen) atoms. The average Bonchev–Trinajstić information content (AvgIpc) is 2.24. The van der Waals surface area contributed by atoms with Crippen molar-refractivity contribution in [1.29, 1.82) is 0 Å². The smallest absolute Gasteiger partial charge is 0.157 e. The Kier molecular flexibility index (Phi) is 4.98. The van der Waals surface area contributed by atoms with Gasteiger partial charge in [-0.05, 0) is 12.7 Å². The molecule has 0 aromatic carbocycles. The molecule has 1 heterocycles. The van der Waals surface area contributed by atoms with Gasteiger partial charge in [0.05, 0.1) is 0 Å². The quantitative estimate of drug-likeness (QED) is 0.781. The molecule has 3 N–H and O–H groups in total. The number of thioether (sulfide) groups is 1. The van der Waals surface area contributed by atoms with Gasteiger partial charge in [-0.1, -0.05) is 18.5 Å². The molecular weight excluding hydrogens is 232 g/mol. The van der Waals surface area contributed by atoms with Gasteiger partial charge in [0.15, 0.2) is 11.0 Å². The van der Waals surface area contributed by atoms with Crippen molar-refractivity contribution in [3.8, 4) is 0 Å². The van der Waals surface area contributed by atoms with E-state index in [0.717, 1.165) is 13.0 Å². The zero-order chi connectivity index (χ0) is 11.3. The van der Waals surface area contributed by atoms with E-state index >= 15 is 0 Å². The lowest BCUT2D eigenvalue weighted by atomic mass is 10.3. The highest BCUT2D eigenvalue weighted by atomic mass is 35.5. The van der Waals surface area contributed by atoms with Gasteiger partial charge in [-0.3, -0.25) is 0 Å². The average molecular weight is 247 g/mol. The van der Waals surface area contributed by atoms with E-state index in [1.807, 2.05) is 11.8 Å². The number of rotatable bonds is 5. The molecule has 0 saturated heterocycles. The van der Waals surface area contributed by atoms with Crippen LogP contribution in [0.1, 0.15) is 13.3 Å². The topological polar surface area (TPSA) is 63.8 Å². The minimum absolute atomic E-state index is 0.297. The first-order valence-electron chi connectivity index (χ1n) is 4.67. The zero-order valence-corrected chi connectivity index (χ0v) is 10.4. The second kappa shape index (κ2) is 6.02. The summed E-state index contributed by atoms with van der Waals surface area (Å²) in [7, 11) is 0. The van der Waals surface area contributed by atoms with Crippen LogP contribution in [-0.2, 0) is 0 Å². The highest BCUT2D eigenvalue weighted by Crippen LogP contribution is 2.22. The van der Waals surface area contributed by atoms with Crippen LogP contribution < -0.4 is 11.1 Å². The van der Waals surface area contributed by atoms with E-state index in [-0.39, 0.29) is 0 Å². The summed E-state index contributed by atoms with van der Waals surface area (Å²) >= 11 is 7.60. The van der Waals surface area contributed by atoms with E-state index in [9.17, 15) is 0 Å². The summed E-state index contributed by atoms with van der Waals surface area (Å²) in [4.78, 5) is 7.81. The molecular formula is C9H15ClN4S. The van der Waals surface area contributed by atoms with Crippen molar-refractivity contribution in [2.75, 3.05) is 23.9 Å². The van der Waals surface area contributed by atoms with Crippen LogP contribution in [0.5, 0.6) is 0 Å². The Labute approximate surface area is 99.0 Å². The van der Waals surface area contributed by atoms with E-state index in [1.165, 1.54) is 6.33 Å². The van der Waals surface area contributed by atoms with Crippen molar-refractivity contribution in [3.05, 3.63) is 11.5 Å². The molecule has 0 spiro atoms. The van der Waals surface area contributed by atoms with Gasteiger partial charge in [-0.15, -0.1) is 0 Å². The first-order valence-corrected chi connectivity index (χ1v) is 6.34. The van der Waals surface area contributed by atoms with Gasteiger partial charge < -0.3 is 11.1 Å². The fourth-order valence-electron chi connectivity index (χ4n) is 1.03. The van der Waals surface area contributed by atoms with Crippen molar-refractivity contribution in [3.63, 3.8) is 0 Å². The predicted molar refractivity (Wildman–Crippen MR) is 67.5 cm³/mol. The molecule has 0 amide bonds. The Morgan fingerprint density at radius 1 is 1.60 bits per heavy atom. The van der Waals surface area contributed by atoms with Crippen molar-refractivity contribution < 1.29 is 0 Å². The second-order valence-corrected chi connectivity index (χ2v) is 4.82. The number of nitrogens with one attached hydrogen (secondary N) is 1. The summed E-state index contributed by atoms with van der Waals surface area (Å²) in [5.74, 6) is 0.614. The van der Waals surface area contributed by atoms with Crippen molar-refractivity contribution in [1.82, 2.24) is 9.97 Å². The third-order valence-corrected chi connectivity index (χ3v) is 3.42. The molecule has 0 bridgehead atoms. The molecule has 0 saturated carbocycles. The maximum absolute atomic E-state index is 5.76. The van der Waals surface area contributed by atoms with Crippen LogP contribution in [-0.4, -0.2) is 28.0 Å². The summed E-state index contributed by atoms with van der Waals surface area (Å²) in [6.07, 6.45) is 4.56. The van der Waals surface area contributed by atoms with Crippen LogP contribution in [0.4, 0.5) is 11.5 Å². The number of hydrogen-bond acceptors (Lipinski definition) is 5. The Balaban J connectivity index is 2.47. The molecule has 0 radical (unpaired) electrons. The van der Waals surface area contributed by atoms with Crippen LogP contribution in [0.2, 0.25) is 5.15 Å². The lowest BCUT2D eigenvalue weighted by molar-refractivity contribution is 0.849. The summed E-state index contributed by atoms with van der Waals surface area (Å²) < 4.78 is 0. The Morgan fingerprint density at radius 2 is 2.33 bits per heavy atom. The van der Waals surface area contributed by atoms with E-state index in [0.29, 0.717) is 21.9 Å². The van der Waals surface area contributed by atoms with Gasteiger partial charge in [-0.25, -0.2) is 9.97 Å². The van der Waals surface area contributed by atoms with Gasteiger partial charge in [0.1, 0.15) is 12.0 Å². The van der Waals surface area contributed by atoms with E-state index in [2.05, 4.69) is 28.5 Å². The molecule has 1 aromatic heterocycles. The Morgan fingerprint density at radius 3 is 3.00 bits per heavy atom. The van der Waals surface area contributed by atoms with Crippen LogP contribution in [0.25, 0.3) is 0 Å². The molecule has 4 nitrogen and oxygen atoms in total. The van der Waals surface area contributed by atoms with Crippen LogP contribution in [0.3, 0.4) is 0 Å². The number of anilines is 2. The van der Waals surface area contributed by atoms with E-state index in [1.54, 1.807) is 0 Å². The fourth-order valence-corrected chi connectivity index (χ4v) is 1.51. The number of nitrogens with zero attached hydrogens (tertiary/aromatic N) is 2. The fraction of sp³-hybridized carbons (Fsp3) is 0.556. The highest BCUT2D eigenvalue weighted by Gasteiger charge is 2.05.